The van der Waals surface area contributed by atoms with Crippen molar-refractivity contribution in [2.75, 3.05) is 32.8 Å². The van der Waals surface area contributed by atoms with Crippen LogP contribution in [0.3, 0.4) is 0 Å². The number of nitrogens with two attached hydrogens (primary N) is 1. The molecule has 3 nitrogen and oxygen atoms in total. The van der Waals surface area contributed by atoms with E-state index in [0.717, 1.165) is 37.6 Å². The Bertz CT molecular complexity index is 216. The number of hydrogen-bond acceptors (Lipinski definition) is 3. The molecular formula is C14H28N2O. The van der Waals surface area contributed by atoms with E-state index < -0.39 is 0 Å². The summed E-state index contributed by atoms with van der Waals surface area (Å²) < 4.78 is 5.44. The summed E-state index contributed by atoms with van der Waals surface area (Å²) in [4.78, 5) is 2.69. The molecule has 3 heteroatoms. The van der Waals surface area contributed by atoms with Crippen molar-refractivity contribution < 1.29 is 4.74 Å². The van der Waals surface area contributed by atoms with Crippen molar-refractivity contribution in [3.8, 4) is 0 Å². The maximum atomic E-state index is 5.90. The van der Waals surface area contributed by atoms with Crippen molar-refractivity contribution in [1.82, 2.24) is 4.90 Å². The molecule has 0 aromatic heterocycles. The second-order valence-corrected chi connectivity index (χ2v) is 5.64. The molecule has 17 heavy (non-hydrogen) atoms. The average molecular weight is 240 g/mol. The Morgan fingerprint density at radius 3 is 2.59 bits per heavy atom. The van der Waals surface area contributed by atoms with Crippen LogP contribution in [0.5, 0.6) is 0 Å². The van der Waals surface area contributed by atoms with Crippen LogP contribution in [-0.4, -0.2) is 43.8 Å². The molecular weight excluding hydrogens is 212 g/mol. The summed E-state index contributed by atoms with van der Waals surface area (Å²) >= 11 is 0. The average Bonchev–Trinajstić information content (AvgIpc) is 2.85. The van der Waals surface area contributed by atoms with Gasteiger partial charge in [-0.1, -0.05) is 13.3 Å². The van der Waals surface area contributed by atoms with Gasteiger partial charge in [-0.2, -0.15) is 0 Å². The largest absolute Gasteiger partial charge is 0.381 e. The molecule has 2 aliphatic rings. The number of hydrogen-bond donors (Lipinski definition) is 1. The van der Waals surface area contributed by atoms with Crippen LogP contribution < -0.4 is 5.73 Å². The monoisotopic (exact) mass is 240 g/mol. The molecule has 2 fully saturated rings. The molecule has 0 amide bonds. The Kier molecular flexibility index (Phi) is 5.26. The molecule has 1 aliphatic carbocycles. The molecule has 0 bridgehead atoms. The van der Waals surface area contributed by atoms with E-state index in [2.05, 4.69) is 11.8 Å². The van der Waals surface area contributed by atoms with Crippen LogP contribution in [0, 0.1) is 11.8 Å². The Balaban J connectivity index is 1.86. The van der Waals surface area contributed by atoms with E-state index in [1.807, 2.05) is 0 Å². The van der Waals surface area contributed by atoms with Crippen LogP contribution in [0.25, 0.3) is 0 Å². The van der Waals surface area contributed by atoms with Crippen LogP contribution in [0.1, 0.15) is 39.0 Å². The quantitative estimate of drug-likeness (QED) is 0.797. The Morgan fingerprint density at radius 1 is 1.18 bits per heavy atom. The standard InChI is InChI=1S/C14H28N2O/c1-2-16(11-12-6-8-17-9-7-12)14-5-3-4-13(14)10-15/h12-14H,2-11,15H2,1H3. The lowest BCUT2D eigenvalue weighted by molar-refractivity contribution is 0.0426. The van der Waals surface area contributed by atoms with E-state index in [0.29, 0.717) is 0 Å². The molecule has 2 N–H and O–H groups in total. The van der Waals surface area contributed by atoms with Crippen molar-refractivity contribution in [2.24, 2.45) is 17.6 Å². The number of nitrogens with zero attached hydrogens (tertiary/aromatic N) is 1. The summed E-state index contributed by atoms with van der Waals surface area (Å²) in [6.45, 7) is 7.54. The first kappa shape index (κ1) is 13.3. The minimum atomic E-state index is 0.745. The molecule has 1 heterocycles. The zero-order valence-electron chi connectivity index (χ0n) is 11.2. The van der Waals surface area contributed by atoms with Gasteiger partial charge in [0.1, 0.15) is 0 Å². The summed E-state index contributed by atoms with van der Waals surface area (Å²) in [6, 6.07) is 0.757. The van der Waals surface area contributed by atoms with Gasteiger partial charge in [-0.15, -0.1) is 0 Å². The van der Waals surface area contributed by atoms with Crippen LogP contribution in [-0.2, 0) is 4.74 Å². The lowest BCUT2D eigenvalue weighted by Gasteiger charge is -2.35. The molecule has 1 aliphatic heterocycles. The SMILES string of the molecule is CCN(CC1CCOCC1)C1CCCC1CN. The maximum Gasteiger partial charge on any atom is 0.0469 e. The highest BCUT2D eigenvalue weighted by atomic mass is 16.5. The number of rotatable bonds is 5. The van der Waals surface area contributed by atoms with Crippen molar-refractivity contribution in [1.29, 1.82) is 0 Å². The van der Waals surface area contributed by atoms with Crippen molar-refractivity contribution >= 4 is 0 Å². The Hall–Kier alpha value is -0.120. The zero-order valence-corrected chi connectivity index (χ0v) is 11.2. The maximum absolute atomic E-state index is 5.90. The van der Waals surface area contributed by atoms with Gasteiger partial charge >= 0.3 is 0 Å². The van der Waals surface area contributed by atoms with Gasteiger partial charge in [0.25, 0.3) is 0 Å². The molecule has 100 valence electrons. The highest BCUT2D eigenvalue weighted by Crippen LogP contribution is 2.30. The van der Waals surface area contributed by atoms with E-state index >= 15 is 0 Å². The predicted octanol–water partition coefficient (Wildman–Crippen LogP) is 1.86. The lowest BCUT2D eigenvalue weighted by Crippen LogP contribution is -2.43. The van der Waals surface area contributed by atoms with Gasteiger partial charge in [0.2, 0.25) is 0 Å². The van der Waals surface area contributed by atoms with Crippen LogP contribution in [0.2, 0.25) is 0 Å². The van der Waals surface area contributed by atoms with Gasteiger partial charge in [0.15, 0.2) is 0 Å². The van der Waals surface area contributed by atoms with Gasteiger partial charge in [-0.25, -0.2) is 0 Å². The topological polar surface area (TPSA) is 38.5 Å². The van der Waals surface area contributed by atoms with Crippen molar-refractivity contribution in [3.05, 3.63) is 0 Å². The molecule has 0 radical (unpaired) electrons. The first-order chi connectivity index (χ1) is 8.35. The van der Waals surface area contributed by atoms with Crippen molar-refractivity contribution in [3.63, 3.8) is 0 Å². The zero-order chi connectivity index (χ0) is 12.1. The summed E-state index contributed by atoms with van der Waals surface area (Å²) in [5.74, 6) is 1.59. The molecule has 2 atom stereocenters. The van der Waals surface area contributed by atoms with Gasteiger partial charge in [0.05, 0.1) is 0 Å². The second kappa shape index (κ2) is 6.72. The second-order valence-electron chi connectivity index (χ2n) is 5.64. The molecule has 2 rings (SSSR count). The van der Waals surface area contributed by atoms with Crippen molar-refractivity contribution in [2.45, 2.75) is 45.1 Å². The summed E-state index contributed by atoms with van der Waals surface area (Å²) in [7, 11) is 0. The van der Waals surface area contributed by atoms with E-state index in [9.17, 15) is 0 Å². The highest BCUT2D eigenvalue weighted by Gasteiger charge is 2.31. The van der Waals surface area contributed by atoms with Crippen LogP contribution in [0.15, 0.2) is 0 Å². The molecule has 2 unspecified atom stereocenters. The van der Waals surface area contributed by atoms with E-state index in [1.165, 1.54) is 45.2 Å². The predicted molar refractivity (Wildman–Crippen MR) is 71.0 cm³/mol. The summed E-state index contributed by atoms with van der Waals surface area (Å²) in [5, 5.41) is 0. The fourth-order valence-corrected chi connectivity index (χ4v) is 3.53. The Labute approximate surface area is 106 Å². The lowest BCUT2D eigenvalue weighted by atomic mass is 9.96. The number of ether oxygens (including phenoxy) is 1. The van der Waals surface area contributed by atoms with E-state index in [4.69, 9.17) is 10.5 Å². The van der Waals surface area contributed by atoms with Gasteiger partial charge in [-0.05, 0) is 50.6 Å². The fraction of sp³-hybridized carbons (Fsp3) is 1.00. The van der Waals surface area contributed by atoms with E-state index in [-0.39, 0.29) is 0 Å². The molecule has 0 aromatic carbocycles. The first-order valence-corrected chi connectivity index (χ1v) is 7.37. The smallest absolute Gasteiger partial charge is 0.0469 e. The normalized spacial score (nSPS) is 31.2. The van der Waals surface area contributed by atoms with Gasteiger partial charge in [-0.3, -0.25) is 0 Å². The minimum absolute atomic E-state index is 0.745. The third-order valence-electron chi connectivity index (χ3n) is 4.63. The summed E-state index contributed by atoms with van der Waals surface area (Å²) in [6.07, 6.45) is 6.56. The third-order valence-corrected chi connectivity index (χ3v) is 4.63. The first-order valence-electron chi connectivity index (χ1n) is 7.37. The van der Waals surface area contributed by atoms with E-state index in [1.54, 1.807) is 0 Å². The fourth-order valence-electron chi connectivity index (χ4n) is 3.53. The molecule has 0 aromatic rings. The van der Waals surface area contributed by atoms with Gasteiger partial charge < -0.3 is 15.4 Å². The summed E-state index contributed by atoms with van der Waals surface area (Å²) in [5.41, 5.74) is 5.90. The third kappa shape index (κ3) is 3.43. The highest BCUT2D eigenvalue weighted by molar-refractivity contribution is 4.86. The van der Waals surface area contributed by atoms with Gasteiger partial charge in [0, 0.05) is 25.8 Å². The van der Waals surface area contributed by atoms with Crippen LogP contribution in [0.4, 0.5) is 0 Å². The van der Waals surface area contributed by atoms with Crippen LogP contribution >= 0.6 is 0 Å². The minimum Gasteiger partial charge on any atom is -0.381 e. The Morgan fingerprint density at radius 2 is 1.94 bits per heavy atom. The molecule has 0 spiro atoms. The molecule has 1 saturated heterocycles. The molecule has 1 saturated carbocycles.